The van der Waals surface area contributed by atoms with Gasteiger partial charge in [0, 0.05) is 55.5 Å². The maximum Gasteiger partial charge on any atom is 0.227 e. The first kappa shape index (κ1) is 20.7. The van der Waals surface area contributed by atoms with Gasteiger partial charge in [0.25, 0.3) is 0 Å². The fraction of sp³-hybridized carbons (Fsp3) is 0.375. The number of pyridine rings is 1. The van der Waals surface area contributed by atoms with Crippen molar-refractivity contribution in [3.05, 3.63) is 55.0 Å². The number of hydrogen-bond acceptors (Lipinski definition) is 8. The number of morpholine rings is 1. The van der Waals surface area contributed by atoms with E-state index in [1.165, 1.54) is 5.69 Å². The topological polar surface area (TPSA) is 86.6 Å². The number of aromatic nitrogens is 3. The predicted octanol–water partition coefficient (Wildman–Crippen LogP) is 3.08. The lowest BCUT2D eigenvalue weighted by molar-refractivity contribution is 0.122. The van der Waals surface area contributed by atoms with Crippen molar-refractivity contribution in [1.29, 1.82) is 0 Å². The van der Waals surface area contributed by atoms with Gasteiger partial charge in [-0.2, -0.15) is 0 Å². The second-order valence-corrected chi connectivity index (χ2v) is 8.19. The molecule has 2 fully saturated rings. The Morgan fingerprint density at radius 3 is 2.44 bits per heavy atom. The van der Waals surface area contributed by atoms with Gasteiger partial charge in [0.1, 0.15) is 0 Å². The van der Waals surface area contributed by atoms with Crippen LogP contribution in [0.1, 0.15) is 12.8 Å². The first-order chi connectivity index (χ1) is 15.7. The van der Waals surface area contributed by atoms with Crippen LogP contribution >= 0.6 is 0 Å². The normalized spacial score (nSPS) is 17.4. The van der Waals surface area contributed by atoms with E-state index in [9.17, 15) is 5.11 Å². The van der Waals surface area contributed by atoms with Gasteiger partial charge in [0.15, 0.2) is 0 Å². The molecule has 2 aromatic heterocycles. The molecule has 2 N–H and O–H groups in total. The number of ether oxygens (including phenoxy) is 1. The van der Waals surface area contributed by atoms with Gasteiger partial charge < -0.3 is 25.0 Å². The zero-order chi connectivity index (χ0) is 21.8. The molecular weight excluding hydrogens is 404 g/mol. The number of nitrogens with zero attached hydrogens (tertiary/aromatic N) is 5. The summed E-state index contributed by atoms with van der Waals surface area (Å²) < 4.78 is 5.45. The van der Waals surface area contributed by atoms with Gasteiger partial charge >= 0.3 is 0 Å². The molecule has 0 amide bonds. The summed E-state index contributed by atoms with van der Waals surface area (Å²) in [6, 6.07) is 12.3. The molecule has 8 nitrogen and oxygen atoms in total. The zero-order valence-electron chi connectivity index (χ0n) is 18.0. The standard InChI is InChI=1S/C24H28N6O2/c31-22-6-9-29(10-7-22)20-3-1-19(2-4-20)27-24-26-8-5-23(28-24)18-15-21(17-25-16-18)30-11-13-32-14-12-30/h1-5,8,15-17,22,31H,6-7,9-14H2,(H,26,27,28). The molecule has 0 spiro atoms. The second kappa shape index (κ2) is 9.50. The van der Waals surface area contributed by atoms with Crippen LogP contribution in [0.4, 0.5) is 23.0 Å². The highest BCUT2D eigenvalue weighted by atomic mass is 16.5. The molecule has 0 bridgehead atoms. The van der Waals surface area contributed by atoms with E-state index in [1.807, 2.05) is 30.6 Å². The van der Waals surface area contributed by atoms with Crippen molar-refractivity contribution in [1.82, 2.24) is 15.0 Å². The Morgan fingerprint density at radius 1 is 0.906 bits per heavy atom. The number of benzene rings is 1. The summed E-state index contributed by atoms with van der Waals surface area (Å²) in [6.45, 7) is 4.99. The largest absolute Gasteiger partial charge is 0.393 e. The van der Waals surface area contributed by atoms with Crippen molar-refractivity contribution in [2.45, 2.75) is 18.9 Å². The highest BCUT2D eigenvalue weighted by Crippen LogP contribution is 2.25. The Morgan fingerprint density at radius 2 is 1.66 bits per heavy atom. The van der Waals surface area contributed by atoms with Gasteiger partial charge in [-0.3, -0.25) is 4.98 Å². The van der Waals surface area contributed by atoms with E-state index in [-0.39, 0.29) is 6.10 Å². The molecule has 2 saturated heterocycles. The summed E-state index contributed by atoms with van der Waals surface area (Å²) in [5.41, 5.74) is 4.97. The zero-order valence-corrected chi connectivity index (χ0v) is 18.0. The summed E-state index contributed by atoms with van der Waals surface area (Å²) in [5, 5.41) is 13.0. The van der Waals surface area contributed by atoms with Crippen LogP contribution in [0, 0.1) is 0 Å². The average molecular weight is 433 g/mol. The van der Waals surface area contributed by atoms with Crippen molar-refractivity contribution < 1.29 is 9.84 Å². The molecule has 4 heterocycles. The molecule has 166 valence electrons. The third-order valence-electron chi connectivity index (χ3n) is 6.00. The first-order valence-corrected chi connectivity index (χ1v) is 11.2. The lowest BCUT2D eigenvalue weighted by Gasteiger charge is -2.31. The fourth-order valence-corrected chi connectivity index (χ4v) is 4.15. The SMILES string of the molecule is OC1CCN(c2ccc(Nc3nccc(-c4cncc(N5CCOCC5)c4)n3)cc2)CC1. The van der Waals surface area contributed by atoms with Gasteiger partial charge in [-0.25, -0.2) is 9.97 Å². The maximum atomic E-state index is 9.71. The Bertz CT molecular complexity index is 1030. The lowest BCUT2D eigenvalue weighted by atomic mass is 10.1. The summed E-state index contributed by atoms with van der Waals surface area (Å²) in [4.78, 5) is 18.1. The van der Waals surface area contributed by atoms with Crippen LogP contribution in [0.25, 0.3) is 11.3 Å². The lowest BCUT2D eigenvalue weighted by Crippen LogP contribution is -2.36. The number of aliphatic hydroxyl groups is 1. The summed E-state index contributed by atoms with van der Waals surface area (Å²) >= 11 is 0. The van der Waals surface area contributed by atoms with E-state index in [0.29, 0.717) is 5.95 Å². The molecule has 8 heteroatoms. The summed E-state index contributed by atoms with van der Waals surface area (Å²) in [6.07, 6.45) is 6.96. The van der Waals surface area contributed by atoms with Crippen LogP contribution in [0.15, 0.2) is 55.0 Å². The highest BCUT2D eigenvalue weighted by molar-refractivity contribution is 5.66. The quantitative estimate of drug-likeness (QED) is 0.636. The maximum absolute atomic E-state index is 9.71. The number of aliphatic hydroxyl groups excluding tert-OH is 1. The molecule has 1 aromatic carbocycles. The second-order valence-electron chi connectivity index (χ2n) is 8.19. The van der Waals surface area contributed by atoms with E-state index in [4.69, 9.17) is 9.72 Å². The van der Waals surface area contributed by atoms with Crippen molar-refractivity contribution in [3.63, 3.8) is 0 Å². The van der Waals surface area contributed by atoms with Crippen molar-refractivity contribution in [2.24, 2.45) is 0 Å². The van der Waals surface area contributed by atoms with E-state index in [0.717, 1.165) is 74.9 Å². The Labute approximate surface area is 187 Å². The minimum atomic E-state index is -0.165. The van der Waals surface area contributed by atoms with E-state index in [1.54, 1.807) is 6.20 Å². The molecule has 0 saturated carbocycles. The van der Waals surface area contributed by atoms with Crippen molar-refractivity contribution in [2.75, 3.05) is 54.5 Å². The summed E-state index contributed by atoms with van der Waals surface area (Å²) in [7, 11) is 0. The molecule has 3 aromatic rings. The Balaban J connectivity index is 1.28. The van der Waals surface area contributed by atoms with Gasteiger partial charge in [-0.1, -0.05) is 0 Å². The minimum Gasteiger partial charge on any atom is -0.393 e. The van der Waals surface area contributed by atoms with E-state index < -0.39 is 0 Å². The van der Waals surface area contributed by atoms with Crippen LogP contribution in [-0.2, 0) is 4.74 Å². The van der Waals surface area contributed by atoms with Gasteiger partial charge in [-0.15, -0.1) is 0 Å². The van der Waals surface area contributed by atoms with Crippen LogP contribution in [-0.4, -0.2) is 65.6 Å². The monoisotopic (exact) mass is 432 g/mol. The third-order valence-corrected chi connectivity index (χ3v) is 6.00. The molecule has 5 rings (SSSR count). The number of nitrogens with one attached hydrogen (secondary N) is 1. The van der Waals surface area contributed by atoms with Crippen molar-refractivity contribution >= 4 is 23.0 Å². The predicted molar refractivity (Wildman–Crippen MR) is 125 cm³/mol. The van der Waals surface area contributed by atoms with Gasteiger partial charge in [0.05, 0.1) is 36.9 Å². The first-order valence-electron chi connectivity index (χ1n) is 11.2. The fourth-order valence-electron chi connectivity index (χ4n) is 4.15. The van der Waals surface area contributed by atoms with Gasteiger partial charge in [-0.05, 0) is 49.2 Å². The highest BCUT2D eigenvalue weighted by Gasteiger charge is 2.17. The average Bonchev–Trinajstić information content (AvgIpc) is 2.86. The third kappa shape index (κ3) is 4.81. The Hall–Kier alpha value is -3.23. The molecule has 0 aliphatic carbocycles. The summed E-state index contributed by atoms with van der Waals surface area (Å²) in [5.74, 6) is 0.549. The number of anilines is 4. The number of hydrogen-bond donors (Lipinski definition) is 2. The van der Waals surface area contributed by atoms with Crippen LogP contribution in [0.2, 0.25) is 0 Å². The molecule has 2 aliphatic rings. The molecule has 32 heavy (non-hydrogen) atoms. The van der Waals surface area contributed by atoms with Crippen LogP contribution in [0.3, 0.4) is 0 Å². The molecule has 0 unspecified atom stereocenters. The van der Waals surface area contributed by atoms with Gasteiger partial charge in [0.2, 0.25) is 5.95 Å². The molecular formula is C24H28N6O2. The van der Waals surface area contributed by atoms with E-state index >= 15 is 0 Å². The molecule has 0 atom stereocenters. The number of rotatable bonds is 5. The Kier molecular flexibility index (Phi) is 6.13. The molecule has 0 radical (unpaired) electrons. The van der Waals surface area contributed by atoms with E-state index in [2.05, 4.69) is 43.3 Å². The van der Waals surface area contributed by atoms with Crippen LogP contribution < -0.4 is 15.1 Å². The number of piperidine rings is 1. The van der Waals surface area contributed by atoms with Crippen LogP contribution in [0.5, 0.6) is 0 Å². The molecule has 2 aliphatic heterocycles. The minimum absolute atomic E-state index is 0.165. The van der Waals surface area contributed by atoms with Crippen molar-refractivity contribution in [3.8, 4) is 11.3 Å². The smallest absolute Gasteiger partial charge is 0.227 e.